The van der Waals surface area contributed by atoms with Gasteiger partial charge in [-0.05, 0) is 23.5 Å². The zero-order chi connectivity index (χ0) is 14.4. The van der Waals surface area contributed by atoms with Gasteiger partial charge in [-0.3, -0.25) is 9.59 Å². The molecule has 2 unspecified atom stereocenters. The van der Waals surface area contributed by atoms with E-state index in [1.807, 2.05) is 12.1 Å². The minimum Gasteiger partial charge on any atom is -0.368 e. The molecule has 0 radical (unpaired) electrons. The predicted octanol–water partition coefficient (Wildman–Crippen LogP) is 1.68. The zero-order valence-corrected chi connectivity index (χ0v) is 12.9. The Kier molecular flexibility index (Phi) is 3.40. The van der Waals surface area contributed by atoms with Crippen LogP contribution in [0.5, 0.6) is 0 Å². The number of benzene rings is 1. The van der Waals surface area contributed by atoms with Crippen LogP contribution in [0.3, 0.4) is 0 Å². The molecule has 21 heavy (non-hydrogen) atoms. The van der Waals surface area contributed by atoms with Crippen LogP contribution in [0.4, 0.5) is 0 Å². The number of carbonyl (C=O) groups excluding carboxylic acids is 2. The number of ketones is 2. The number of nitrogens with zero attached hydrogens (tertiary/aromatic N) is 1. The monoisotopic (exact) mass is 320 g/mol. The van der Waals surface area contributed by atoms with Gasteiger partial charge in [0.1, 0.15) is 13.2 Å². The van der Waals surface area contributed by atoms with Crippen LogP contribution in [0.25, 0.3) is 0 Å². The second-order valence-electron chi connectivity index (χ2n) is 5.22. The lowest BCUT2D eigenvalue weighted by Gasteiger charge is -2.22. The Labute approximate surface area is 130 Å². The molecule has 2 atom stereocenters. The van der Waals surface area contributed by atoms with Crippen molar-refractivity contribution in [1.82, 2.24) is 0 Å². The molecule has 1 aliphatic carbocycles. The Hall–Kier alpha value is -1.11. The molecule has 1 aromatic rings. The summed E-state index contributed by atoms with van der Waals surface area (Å²) in [7, 11) is 0. The number of hydrogen-bond donors (Lipinski definition) is 0. The maximum absolute atomic E-state index is 12.6. The maximum Gasteiger partial charge on any atom is 0.271 e. The normalized spacial score (nSPS) is 28.6. The number of Topliss-reactive ketones (excluding diaryl/α,β-unsaturated/α-hetero) is 2. The van der Waals surface area contributed by atoms with Crippen LogP contribution in [0, 0.1) is 0 Å². The topological polar surface area (TPSA) is 46.4 Å². The van der Waals surface area contributed by atoms with Crippen LogP contribution >= 0.6 is 23.5 Å². The van der Waals surface area contributed by atoms with Crippen LogP contribution in [0.1, 0.15) is 20.7 Å². The number of thioether (sulfide) groups is 2. The summed E-state index contributed by atoms with van der Waals surface area (Å²) in [6.45, 7) is 3.10. The molecule has 0 spiro atoms. The summed E-state index contributed by atoms with van der Waals surface area (Å²) < 4.78 is 8.70. The standard InChI is InChI=1S/C15H14NO3S2/c17-11-9-3-1-2-4-10(9)12(18)14-13(11)20-15(21-14)16-5-7-19-8-6-16/h1-4,13-14H,5-8H2/q+1. The van der Waals surface area contributed by atoms with Crippen molar-refractivity contribution in [3.05, 3.63) is 35.4 Å². The van der Waals surface area contributed by atoms with E-state index in [1.54, 1.807) is 35.7 Å². The van der Waals surface area contributed by atoms with Crippen molar-refractivity contribution in [2.75, 3.05) is 26.3 Å². The second-order valence-corrected chi connectivity index (χ2v) is 7.74. The number of hydrogen-bond acceptors (Lipinski definition) is 5. The van der Waals surface area contributed by atoms with E-state index in [0.717, 1.165) is 17.5 Å². The Morgan fingerprint density at radius 2 is 1.48 bits per heavy atom. The molecule has 108 valence electrons. The first kappa shape index (κ1) is 13.5. The van der Waals surface area contributed by atoms with Crippen LogP contribution in [-0.2, 0) is 4.74 Å². The molecule has 1 aromatic carbocycles. The maximum atomic E-state index is 12.6. The van der Waals surface area contributed by atoms with Gasteiger partial charge in [0.2, 0.25) is 0 Å². The number of carbonyl (C=O) groups is 2. The van der Waals surface area contributed by atoms with Crippen molar-refractivity contribution in [2.24, 2.45) is 0 Å². The Balaban J connectivity index is 1.71. The molecule has 0 amide bonds. The third-order valence-corrected chi connectivity index (χ3v) is 7.12. The van der Waals surface area contributed by atoms with Crippen molar-refractivity contribution in [2.45, 2.75) is 10.5 Å². The van der Waals surface area contributed by atoms with Crippen LogP contribution in [0.2, 0.25) is 0 Å². The van der Waals surface area contributed by atoms with Gasteiger partial charge in [0.05, 0.1) is 10.5 Å². The summed E-state index contributed by atoms with van der Waals surface area (Å²) >= 11 is 3.11. The van der Waals surface area contributed by atoms with E-state index in [4.69, 9.17) is 4.74 Å². The molecular weight excluding hydrogens is 306 g/mol. The molecule has 4 rings (SSSR count). The van der Waals surface area contributed by atoms with Gasteiger partial charge in [0.25, 0.3) is 4.38 Å². The average molecular weight is 320 g/mol. The molecule has 0 N–H and O–H groups in total. The van der Waals surface area contributed by atoms with Crippen LogP contribution in [0.15, 0.2) is 24.3 Å². The van der Waals surface area contributed by atoms with Crippen LogP contribution in [-0.4, -0.2) is 57.3 Å². The van der Waals surface area contributed by atoms with E-state index in [9.17, 15) is 9.59 Å². The summed E-state index contributed by atoms with van der Waals surface area (Å²) in [6.07, 6.45) is 0. The Morgan fingerprint density at radius 3 is 2.00 bits per heavy atom. The first-order valence-electron chi connectivity index (χ1n) is 6.96. The second kappa shape index (κ2) is 5.26. The van der Waals surface area contributed by atoms with Crippen molar-refractivity contribution < 1.29 is 18.9 Å². The van der Waals surface area contributed by atoms with Gasteiger partial charge in [-0.2, -0.15) is 0 Å². The van der Waals surface area contributed by atoms with Gasteiger partial charge < -0.3 is 4.74 Å². The highest BCUT2D eigenvalue weighted by Crippen LogP contribution is 2.45. The van der Waals surface area contributed by atoms with Crippen molar-refractivity contribution in [3.63, 3.8) is 0 Å². The molecule has 2 saturated heterocycles. The summed E-state index contributed by atoms with van der Waals surface area (Å²) in [5.41, 5.74) is 1.17. The lowest BCUT2D eigenvalue weighted by Crippen LogP contribution is -2.38. The van der Waals surface area contributed by atoms with E-state index in [2.05, 4.69) is 4.58 Å². The molecule has 2 aliphatic heterocycles. The molecule has 0 bridgehead atoms. The smallest absolute Gasteiger partial charge is 0.271 e. The minimum absolute atomic E-state index is 0.0935. The summed E-state index contributed by atoms with van der Waals surface area (Å²) in [5, 5.41) is -0.537. The molecule has 2 heterocycles. The summed E-state index contributed by atoms with van der Waals surface area (Å²) in [5.74, 6) is 0.187. The van der Waals surface area contributed by atoms with E-state index < -0.39 is 0 Å². The van der Waals surface area contributed by atoms with Gasteiger partial charge in [-0.25, -0.2) is 4.58 Å². The number of fused-ring (bicyclic) bond motifs is 2. The molecule has 3 aliphatic rings. The average Bonchev–Trinajstić information content (AvgIpc) is 2.99. The zero-order valence-electron chi connectivity index (χ0n) is 11.3. The van der Waals surface area contributed by atoms with Gasteiger partial charge >= 0.3 is 0 Å². The SMILES string of the molecule is O=C1c2ccccc2C(=O)C2SC(=[N+]3CCOCC3)SC12. The summed E-state index contributed by atoms with van der Waals surface area (Å²) in [4.78, 5) is 25.3. The molecule has 0 saturated carbocycles. The highest BCUT2D eigenvalue weighted by molar-refractivity contribution is 8.42. The fraction of sp³-hybridized carbons (Fsp3) is 0.400. The molecule has 2 fully saturated rings. The fourth-order valence-electron chi connectivity index (χ4n) is 2.86. The van der Waals surface area contributed by atoms with E-state index in [0.29, 0.717) is 24.3 Å². The molecular formula is C15H14NO3S2+. The third-order valence-electron chi connectivity index (χ3n) is 3.97. The van der Waals surface area contributed by atoms with Gasteiger partial charge in [-0.1, -0.05) is 24.3 Å². The van der Waals surface area contributed by atoms with Crippen molar-refractivity contribution in [1.29, 1.82) is 0 Å². The highest BCUT2D eigenvalue weighted by Gasteiger charge is 2.50. The lowest BCUT2D eigenvalue weighted by atomic mass is 9.89. The van der Waals surface area contributed by atoms with E-state index >= 15 is 0 Å². The minimum atomic E-state index is -0.268. The van der Waals surface area contributed by atoms with E-state index in [1.165, 1.54) is 0 Å². The molecule has 0 aromatic heterocycles. The van der Waals surface area contributed by atoms with Crippen molar-refractivity contribution >= 4 is 39.5 Å². The Bertz CT molecular complexity index is 618. The third kappa shape index (κ3) is 2.17. The first-order valence-corrected chi connectivity index (χ1v) is 8.72. The quantitative estimate of drug-likeness (QED) is 0.681. The Morgan fingerprint density at radius 1 is 0.952 bits per heavy atom. The predicted molar refractivity (Wildman–Crippen MR) is 83.7 cm³/mol. The summed E-state index contributed by atoms with van der Waals surface area (Å²) in [6, 6.07) is 7.18. The highest BCUT2D eigenvalue weighted by atomic mass is 32.2. The number of rotatable bonds is 0. The molecule has 4 nitrogen and oxygen atoms in total. The van der Waals surface area contributed by atoms with Gasteiger partial charge in [0, 0.05) is 11.1 Å². The van der Waals surface area contributed by atoms with E-state index in [-0.39, 0.29) is 22.1 Å². The van der Waals surface area contributed by atoms with Crippen LogP contribution < -0.4 is 0 Å². The van der Waals surface area contributed by atoms with Crippen molar-refractivity contribution in [3.8, 4) is 0 Å². The largest absolute Gasteiger partial charge is 0.368 e. The fourth-order valence-corrected chi connectivity index (χ4v) is 6.10. The molecule has 6 heteroatoms. The lowest BCUT2D eigenvalue weighted by molar-refractivity contribution is -0.544. The number of morpholine rings is 1. The van der Waals surface area contributed by atoms with Gasteiger partial charge in [-0.15, -0.1) is 0 Å². The van der Waals surface area contributed by atoms with Gasteiger partial charge in [0.15, 0.2) is 24.7 Å². The number of ether oxygens (including phenoxy) is 1. The first-order chi connectivity index (χ1) is 10.3.